The molecule has 2 aromatic carbocycles. The van der Waals surface area contributed by atoms with Crippen molar-refractivity contribution >= 4 is 16.6 Å². The summed E-state index contributed by atoms with van der Waals surface area (Å²) in [7, 11) is 0. The minimum Gasteiger partial charge on any atom is -0.399 e. The Morgan fingerprint density at radius 3 is 2.82 bits per heavy atom. The van der Waals surface area contributed by atoms with Gasteiger partial charge in [0.15, 0.2) is 0 Å². The number of H-pyrrole nitrogens is 1. The van der Waals surface area contributed by atoms with Crippen molar-refractivity contribution in [1.82, 2.24) is 10.2 Å². The molecule has 1 heterocycles. The first-order valence-corrected chi connectivity index (χ1v) is 5.55. The van der Waals surface area contributed by atoms with Crippen LogP contribution in [0.4, 0.5) is 5.69 Å². The summed E-state index contributed by atoms with van der Waals surface area (Å²) in [6.07, 6.45) is 0. The van der Waals surface area contributed by atoms with Crippen molar-refractivity contribution in [3.63, 3.8) is 0 Å². The highest BCUT2D eigenvalue weighted by atomic mass is 15.1. The number of nitrogen functional groups attached to an aromatic ring is 1. The molecular weight excluding hydrogens is 210 g/mol. The fourth-order valence-corrected chi connectivity index (χ4v) is 2.05. The molecule has 3 aromatic rings. The number of rotatable bonds is 1. The highest BCUT2D eigenvalue weighted by Crippen LogP contribution is 2.27. The molecule has 0 aliphatic rings. The molecule has 0 saturated heterocycles. The van der Waals surface area contributed by atoms with Crippen LogP contribution in [0, 0.1) is 6.92 Å². The Labute approximate surface area is 99.3 Å². The van der Waals surface area contributed by atoms with E-state index in [0.717, 1.165) is 27.8 Å². The van der Waals surface area contributed by atoms with E-state index in [9.17, 15) is 0 Å². The fourth-order valence-electron chi connectivity index (χ4n) is 2.05. The number of nitrogens with zero attached hydrogens (tertiary/aromatic N) is 1. The smallest absolute Gasteiger partial charge is 0.0999 e. The Balaban J connectivity index is 2.24. The maximum absolute atomic E-state index is 5.75. The first-order chi connectivity index (χ1) is 8.24. The Morgan fingerprint density at radius 1 is 1.12 bits per heavy atom. The van der Waals surface area contributed by atoms with Gasteiger partial charge < -0.3 is 5.73 Å². The average Bonchev–Trinajstić information content (AvgIpc) is 2.71. The highest BCUT2D eigenvalue weighted by molar-refractivity contribution is 5.94. The molecule has 0 saturated carbocycles. The summed E-state index contributed by atoms with van der Waals surface area (Å²) >= 11 is 0. The maximum atomic E-state index is 5.75. The summed E-state index contributed by atoms with van der Waals surface area (Å²) in [5.74, 6) is 0. The lowest BCUT2D eigenvalue weighted by Gasteiger charge is -1.99. The molecule has 3 nitrogen and oxygen atoms in total. The zero-order valence-corrected chi connectivity index (χ0v) is 9.57. The predicted octanol–water partition coefficient (Wildman–Crippen LogP) is 3.12. The molecule has 17 heavy (non-hydrogen) atoms. The molecule has 0 radical (unpaired) electrons. The van der Waals surface area contributed by atoms with Gasteiger partial charge >= 0.3 is 0 Å². The number of hydrogen-bond donors (Lipinski definition) is 2. The predicted molar refractivity (Wildman–Crippen MR) is 70.7 cm³/mol. The van der Waals surface area contributed by atoms with E-state index in [1.54, 1.807) is 0 Å². The average molecular weight is 223 g/mol. The molecule has 0 spiro atoms. The normalized spacial score (nSPS) is 10.9. The number of aromatic nitrogens is 2. The summed E-state index contributed by atoms with van der Waals surface area (Å²) in [6.45, 7) is 2.08. The quantitative estimate of drug-likeness (QED) is 0.623. The maximum Gasteiger partial charge on any atom is 0.0999 e. The van der Waals surface area contributed by atoms with Crippen molar-refractivity contribution in [2.24, 2.45) is 0 Å². The Kier molecular flexibility index (Phi) is 2.11. The molecule has 0 atom stereocenters. The van der Waals surface area contributed by atoms with E-state index in [1.807, 2.05) is 24.3 Å². The van der Waals surface area contributed by atoms with Crippen LogP contribution < -0.4 is 5.73 Å². The zero-order valence-electron chi connectivity index (χ0n) is 9.57. The minimum atomic E-state index is 0.747. The van der Waals surface area contributed by atoms with Crippen LogP contribution in [0.3, 0.4) is 0 Å². The van der Waals surface area contributed by atoms with Crippen molar-refractivity contribution in [2.75, 3.05) is 5.73 Å². The van der Waals surface area contributed by atoms with E-state index in [-0.39, 0.29) is 0 Å². The van der Waals surface area contributed by atoms with E-state index in [1.165, 1.54) is 5.56 Å². The lowest BCUT2D eigenvalue weighted by atomic mass is 10.1. The summed E-state index contributed by atoms with van der Waals surface area (Å²) in [6, 6.07) is 14.1. The topological polar surface area (TPSA) is 54.7 Å². The number of nitrogens with two attached hydrogens (primary N) is 1. The fraction of sp³-hybridized carbons (Fsp3) is 0.0714. The third-order valence-electron chi connectivity index (χ3n) is 2.88. The zero-order chi connectivity index (χ0) is 11.8. The lowest BCUT2D eigenvalue weighted by Crippen LogP contribution is -1.83. The van der Waals surface area contributed by atoms with Crippen LogP contribution in [0.5, 0.6) is 0 Å². The molecule has 0 aliphatic heterocycles. The summed E-state index contributed by atoms with van der Waals surface area (Å²) < 4.78 is 0. The summed E-state index contributed by atoms with van der Waals surface area (Å²) in [5, 5.41) is 8.49. The molecule has 3 heteroatoms. The van der Waals surface area contributed by atoms with Crippen molar-refractivity contribution < 1.29 is 0 Å². The largest absolute Gasteiger partial charge is 0.399 e. The van der Waals surface area contributed by atoms with E-state index in [0.29, 0.717) is 0 Å². The lowest BCUT2D eigenvalue weighted by molar-refractivity contribution is 1.12. The third kappa shape index (κ3) is 1.65. The Bertz CT molecular complexity index is 683. The second-order valence-electron chi connectivity index (χ2n) is 4.25. The van der Waals surface area contributed by atoms with E-state index < -0.39 is 0 Å². The number of fused-ring (bicyclic) bond motifs is 1. The Morgan fingerprint density at radius 2 is 2.00 bits per heavy atom. The third-order valence-corrected chi connectivity index (χ3v) is 2.88. The summed E-state index contributed by atoms with van der Waals surface area (Å²) in [5.41, 5.74) is 10.8. The van der Waals surface area contributed by atoms with Gasteiger partial charge in [0.05, 0.1) is 11.2 Å². The van der Waals surface area contributed by atoms with E-state index in [4.69, 9.17) is 5.73 Å². The number of anilines is 1. The van der Waals surface area contributed by atoms with Crippen molar-refractivity contribution in [1.29, 1.82) is 0 Å². The van der Waals surface area contributed by atoms with Crippen LogP contribution >= 0.6 is 0 Å². The van der Waals surface area contributed by atoms with Gasteiger partial charge in [-0.15, -0.1) is 0 Å². The molecule has 84 valence electrons. The van der Waals surface area contributed by atoms with Gasteiger partial charge in [0.1, 0.15) is 0 Å². The molecule has 3 N–H and O–H groups in total. The molecule has 0 amide bonds. The number of aromatic amines is 1. The Hall–Kier alpha value is -2.29. The second-order valence-corrected chi connectivity index (χ2v) is 4.25. The van der Waals surface area contributed by atoms with Crippen LogP contribution in [0.15, 0.2) is 42.5 Å². The van der Waals surface area contributed by atoms with Gasteiger partial charge in [0.2, 0.25) is 0 Å². The number of nitrogens with one attached hydrogen (secondary N) is 1. The minimum absolute atomic E-state index is 0.747. The molecule has 1 aromatic heterocycles. The molecule has 3 rings (SSSR count). The van der Waals surface area contributed by atoms with Crippen LogP contribution in [-0.2, 0) is 0 Å². The van der Waals surface area contributed by atoms with Gasteiger partial charge in [-0.3, -0.25) is 5.10 Å². The number of hydrogen-bond acceptors (Lipinski definition) is 2. The van der Waals surface area contributed by atoms with E-state index in [2.05, 4.69) is 35.3 Å². The molecule has 0 fully saturated rings. The van der Waals surface area contributed by atoms with Crippen LogP contribution in [0.1, 0.15) is 5.56 Å². The first kappa shape index (κ1) is 9.90. The number of aryl methyl sites for hydroxylation is 1. The van der Waals surface area contributed by atoms with Gasteiger partial charge in [-0.25, -0.2) is 0 Å². The van der Waals surface area contributed by atoms with Gasteiger partial charge in [-0.1, -0.05) is 23.8 Å². The van der Waals surface area contributed by atoms with Gasteiger partial charge in [0.25, 0.3) is 0 Å². The SMILES string of the molecule is Cc1cccc(-c2n[nH]c3cc(N)ccc23)c1. The van der Waals surface area contributed by atoms with Crippen molar-refractivity contribution in [2.45, 2.75) is 6.92 Å². The molecule has 0 unspecified atom stereocenters. The molecule has 0 bridgehead atoms. The highest BCUT2D eigenvalue weighted by Gasteiger charge is 2.07. The van der Waals surface area contributed by atoms with Gasteiger partial charge in [-0.05, 0) is 31.2 Å². The van der Waals surface area contributed by atoms with Gasteiger partial charge in [0, 0.05) is 16.6 Å². The van der Waals surface area contributed by atoms with Crippen molar-refractivity contribution in [3.05, 3.63) is 48.0 Å². The standard InChI is InChI=1S/C14H13N3/c1-9-3-2-4-10(7-9)14-12-6-5-11(15)8-13(12)16-17-14/h2-8H,15H2,1H3,(H,16,17). The number of benzene rings is 2. The molecule has 0 aliphatic carbocycles. The first-order valence-electron chi connectivity index (χ1n) is 5.55. The van der Waals surface area contributed by atoms with E-state index >= 15 is 0 Å². The van der Waals surface area contributed by atoms with Crippen molar-refractivity contribution in [3.8, 4) is 11.3 Å². The van der Waals surface area contributed by atoms with Crippen LogP contribution in [0.25, 0.3) is 22.2 Å². The monoisotopic (exact) mass is 223 g/mol. The van der Waals surface area contributed by atoms with Gasteiger partial charge in [-0.2, -0.15) is 5.10 Å². The molecular formula is C14H13N3. The van der Waals surface area contributed by atoms with Crippen LogP contribution in [0.2, 0.25) is 0 Å². The van der Waals surface area contributed by atoms with Crippen LogP contribution in [-0.4, -0.2) is 10.2 Å². The second kappa shape index (κ2) is 3.63. The summed E-state index contributed by atoms with van der Waals surface area (Å²) in [4.78, 5) is 0.